The maximum absolute atomic E-state index is 11.7. The summed E-state index contributed by atoms with van der Waals surface area (Å²) in [6.45, 7) is 5.11. The van der Waals surface area contributed by atoms with Crippen molar-refractivity contribution in [1.29, 1.82) is 0 Å². The van der Waals surface area contributed by atoms with E-state index >= 15 is 0 Å². The number of sulfone groups is 1. The number of aromatic nitrogens is 2. The van der Waals surface area contributed by atoms with E-state index in [1.807, 2.05) is 0 Å². The van der Waals surface area contributed by atoms with Gasteiger partial charge in [0.05, 0.1) is 10.9 Å². The van der Waals surface area contributed by atoms with Crippen molar-refractivity contribution in [2.24, 2.45) is 7.05 Å². The van der Waals surface area contributed by atoms with E-state index in [2.05, 4.69) is 5.10 Å². The summed E-state index contributed by atoms with van der Waals surface area (Å²) in [6.07, 6.45) is 0. The van der Waals surface area contributed by atoms with Crippen molar-refractivity contribution in [1.82, 2.24) is 9.78 Å². The minimum Gasteiger partial charge on any atom is -0.257 e. The molecule has 0 atom stereocenters. The van der Waals surface area contributed by atoms with Gasteiger partial charge in [0.15, 0.2) is 14.9 Å². The molecule has 13 heavy (non-hydrogen) atoms. The van der Waals surface area contributed by atoms with Crippen molar-refractivity contribution in [3.05, 3.63) is 11.8 Å². The van der Waals surface area contributed by atoms with Crippen molar-refractivity contribution < 1.29 is 8.42 Å². The maximum atomic E-state index is 11.7. The molecule has 1 heterocycles. The molecular weight excluding hydrogens is 188 g/mol. The summed E-state index contributed by atoms with van der Waals surface area (Å²) >= 11 is 0. The van der Waals surface area contributed by atoms with Crippen LogP contribution in [0.15, 0.2) is 11.1 Å². The van der Waals surface area contributed by atoms with Crippen molar-refractivity contribution in [2.45, 2.75) is 31.0 Å². The van der Waals surface area contributed by atoms with Crippen molar-refractivity contribution in [2.75, 3.05) is 0 Å². The molecule has 0 saturated heterocycles. The molecule has 0 radical (unpaired) electrons. The van der Waals surface area contributed by atoms with Crippen molar-refractivity contribution in [3.63, 3.8) is 0 Å². The van der Waals surface area contributed by atoms with E-state index < -0.39 is 15.1 Å². The van der Waals surface area contributed by atoms with Crippen LogP contribution in [0.5, 0.6) is 0 Å². The zero-order chi connectivity index (χ0) is 10.2. The van der Waals surface area contributed by atoms with Crippen LogP contribution in [0.3, 0.4) is 0 Å². The number of nitrogens with zero attached hydrogens (tertiary/aromatic N) is 2. The van der Waals surface area contributed by atoms with Crippen molar-refractivity contribution >= 4 is 9.84 Å². The molecule has 1 aromatic rings. The van der Waals surface area contributed by atoms with Crippen LogP contribution in [-0.2, 0) is 16.9 Å². The van der Waals surface area contributed by atoms with Gasteiger partial charge in [-0.25, -0.2) is 8.42 Å². The minimum atomic E-state index is -3.19. The third-order valence-corrected chi connectivity index (χ3v) is 4.08. The van der Waals surface area contributed by atoms with Crippen LogP contribution in [0, 0.1) is 6.92 Å². The van der Waals surface area contributed by atoms with Crippen LogP contribution >= 0.6 is 0 Å². The molecule has 0 bridgehead atoms. The lowest BCUT2D eigenvalue weighted by atomic mass is 10.5. The average Bonchev–Trinajstić information content (AvgIpc) is 2.30. The molecule has 5 heteroatoms. The Morgan fingerprint density at radius 3 is 2.31 bits per heavy atom. The average molecular weight is 202 g/mol. The summed E-state index contributed by atoms with van der Waals surface area (Å²) in [5.41, 5.74) is 0.724. The fourth-order valence-corrected chi connectivity index (χ4v) is 2.32. The van der Waals surface area contributed by atoms with Crippen molar-refractivity contribution in [3.8, 4) is 0 Å². The minimum absolute atomic E-state index is 0.292. The second-order valence-electron chi connectivity index (χ2n) is 3.34. The largest absolute Gasteiger partial charge is 0.257 e. The van der Waals surface area contributed by atoms with E-state index in [-0.39, 0.29) is 0 Å². The summed E-state index contributed by atoms with van der Waals surface area (Å²) in [5.74, 6) is 0. The van der Waals surface area contributed by atoms with Gasteiger partial charge < -0.3 is 0 Å². The van der Waals surface area contributed by atoms with Crippen LogP contribution in [0.1, 0.15) is 19.5 Å². The Morgan fingerprint density at radius 2 is 2.00 bits per heavy atom. The van der Waals surface area contributed by atoms with E-state index in [1.165, 1.54) is 4.68 Å². The summed E-state index contributed by atoms with van der Waals surface area (Å²) < 4.78 is 24.8. The molecule has 0 aliphatic rings. The Hall–Kier alpha value is -0.840. The van der Waals surface area contributed by atoms with Crippen LogP contribution in [-0.4, -0.2) is 23.4 Å². The molecule has 0 aliphatic heterocycles. The van der Waals surface area contributed by atoms with Gasteiger partial charge in [0.1, 0.15) is 0 Å². The maximum Gasteiger partial charge on any atom is 0.197 e. The predicted molar refractivity (Wildman–Crippen MR) is 50.3 cm³/mol. The Labute approximate surface area is 78.5 Å². The molecule has 74 valence electrons. The number of rotatable bonds is 2. The van der Waals surface area contributed by atoms with E-state index in [0.717, 1.165) is 5.69 Å². The second kappa shape index (κ2) is 3.14. The van der Waals surface area contributed by atoms with Gasteiger partial charge in [-0.1, -0.05) is 0 Å². The van der Waals surface area contributed by atoms with Gasteiger partial charge in [0, 0.05) is 7.05 Å². The highest BCUT2D eigenvalue weighted by Crippen LogP contribution is 2.15. The van der Waals surface area contributed by atoms with Crippen LogP contribution < -0.4 is 0 Å². The topological polar surface area (TPSA) is 52.0 Å². The molecule has 0 fully saturated rings. The molecule has 0 spiro atoms. The fourth-order valence-electron chi connectivity index (χ4n) is 1.09. The quantitative estimate of drug-likeness (QED) is 0.716. The van der Waals surface area contributed by atoms with Gasteiger partial charge in [-0.05, 0) is 26.8 Å². The predicted octanol–water partition coefficient (Wildman–Crippen LogP) is 0.911. The standard InChI is InChI=1S/C8H14N2O2S/c1-6(2)13(11,12)8-5-7(3)9-10(8)4/h5-6H,1-4H3. The third-order valence-electron chi connectivity index (χ3n) is 1.87. The molecule has 0 aromatic carbocycles. The second-order valence-corrected chi connectivity index (χ2v) is 5.79. The van der Waals surface area contributed by atoms with Crippen LogP contribution in [0.4, 0.5) is 0 Å². The molecule has 1 aromatic heterocycles. The van der Waals surface area contributed by atoms with Gasteiger partial charge in [-0.3, -0.25) is 4.68 Å². The first-order valence-electron chi connectivity index (χ1n) is 4.10. The van der Waals surface area contributed by atoms with Gasteiger partial charge in [-0.2, -0.15) is 5.10 Å². The molecule has 4 nitrogen and oxygen atoms in total. The lowest BCUT2D eigenvalue weighted by molar-refractivity contribution is 0.568. The fraction of sp³-hybridized carbons (Fsp3) is 0.625. The van der Waals surface area contributed by atoms with Crippen LogP contribution in [0.2, 0.25) is 0 Å². The normalized spacial score (nSPS) is 12.4. The van der Waals surface area contributed by atoms with Gasteiger partial charge in [0.2, 0.25) is 0 Å². The third kappa shape index (κ3) is 1.75. The monoisotopic (exact) mass is 202 g/mol. The Morgan fingerprint density at radius 1 is 1.46 bits per heavy atom. The molecule has 0 aliphatic carbocycles. The summed E-state index contributed by atoms with van der Waals surface area (Å²) in [6, 6.07) is 1.59. The SMILES string of the molecule is Cc1cc(S(=O)(=O)C(C)C)n(C)n1. The lowest BCUT2D eigenvalue weighted by Crippen LogP contribution is -2.17. The Balaban J connectivity index is 3.31. The summed E-state index contributed by atoms with van der Waals surface area (Å²) in [7, 11) is -1.55. The zero-order valence-corrected chi connectivity index (χ0v) is 9.09. The summed E-state index contributed by atoms with van der Waals surface area (Å²) in [5, 5.41) is 3.89. The first-order valence-corrected chi connectivity index (χ1v) is 5.65. The number of hydrogen-bond acceptors (Lipinski definition) is 3. The molecule has 0 amide bonds. The molecule has 0 N–H and O–H groups in total. The van der Waals surface area contributed by atoms with Gasteiger partial charge in [-0.15, -0.1) is 0 Å². The molecule has 0 unspecified atom stereocenters. The molecule has 0 saturated carbocycles. The highest BCUT2D eigenvalue weighted by molar-refractivity contribution is 7.91. The number of aryl methyl sites for hydroxylation is 2. The van der Waals surface area contributed by atoms with E-state index in [9.17, 15) is 8.42 Å². The summed E-state index contributed by atoms with van der Waals surface area (Å²) in [4.78, 5) is 0. The smallest absolute Gasteiger partial charge is 0.197 e. The highest BCUT2D eigenvalue weighted by atomic mass is 32.2. The molecule has 1 rings (SSSR count). The first kappa shape index (κ1) is 10.2. The lowest BCUT2D eigenvalue weighted by Gasteiger charge is -2.06. The van der Waals surface area contributed by atoms with E-state index in [1.54, 1.807) is 33.9 Å². The van der Waals surface area contributed by atoms with E-state index in [0.29, 0.717) is 5.03 Å². The van der Waals surface area contributed by atoms with Gasteiger partial charge >= 0.3 is 0 Å². The Kier molecular flexibility index (Phi) is 2.47. The highest BCUT2D eigenvalue weighted by Gasteiger charge is 2.22. The molecular formula is C8H14N2O2S. The number of hydrogen-bond donors (Lipinski definition) is 0. The van der Waals surface area contributed by atoms with Crippen LogP contribution in [0.25, 0.3) is 0 Å². The Bertz CT molecular complexity index is 404. The van der Waals surface area contributed by atoms with Gasteiger partial charge in [0.25, 0.3) is 0 Å². The first-order chi connectivity index (χ1) is 5.85. The van der Waals surface area contributed by atoms with E-state index in [4.69, 9.17) is 0 Å². The zero-order valence-electron chi connectivity index (χ0n) is 8.27.